The fourth-order valence-electron chi connectivity index (χ4n) is 3.12. The van der Waals surface area contributed by atoms with Gasteiger partial charge in [0.25, 0.3) is 0 Å². The molecule has 1 aromatic rings. The maximum Gasteiger partial charge on any atom is 0.143 e. The molecule has 0 radical (unpaired) electrons. The molecule has 1 aromatic carbocycles. The van der Waals surface area contributed by atoms with Gasteiger partial charge in [0.2, 0.25) is 0 Å². The molecule has 2 N–H and O–H groups in total. The van der Waals surface area contributed by atoms with E-state index in [2.05, 4.69) is 11.0 Å². The first-order valence-electron chi connectivity index (χ1n) is 6.61. The topological polar surface area (TPSA) is 47.7 Å². The molecule has 1 saturated heterocycles. The fraction of sp³-hybridized carbons (Fsp3) is 0.571. The molecule has 0 aromatic heterocycles. The molecule has 1 heterocycles. The van der Waals surface area contributed by atoms with Gasteiger partial charge in [-0.25, -0.2) is 0 Å². The lowest BCUT2D eigenvalue weighted by Gasteiger charge is -2.39. The number of morpholine rings is 1. The zero-order valence-corrected chi connectivity index (χ0v) is 10.8. The van der Waals surface area contributed by atoms with Crippen LogP contribution in [0.2, 0.25) is 0 Å². The van der Waals surface area contributed by atoms with Gasteiger partial charge in [-0.2, -0.15) is 0 Å². The molecular formula is C14H20N2O2. The van der Waals surface area contributed by atoms with E-state index < -0.39 is 0 Å². The molecule has 1 aliphatic carbocycles. The number of benzene rings is 1. The molecule has 18 heavy (non-hydrogen) atoms. The lowest BCUT2D eigenvalue weighted by Crippen LogP contribution is -2.48. The maximum atomic E-state index is 5.87. The molecular weight excluding hydrogens is 228 g/mol. The smallest absolute Gasteiger partial charge is 0.143 e. The summed E-state index contributed by atoms with van der Waals surface area (Å²) < 4.78 is 11.1. The van der Waals surface area contributed by atoms with Crippen LogP contribution < -0.4 is 15.4 Å². The van der Waals surface area contributed by atoms with E-state index in [0.717, 1.165) is 18.9 Å². The van der Waals surface area contributed by atoms with Crippen molar-refractivity contribution >= 4 is 11.4 Å². The predicted octanol–water partition coefficient (Wildman–Crippen LogP) is 2.04. The van der Waals surface area contributed by atoms with E-state index in [9.17, 15) is 0 Å². The Morgan fingerprint density at radius 3 is 3.11 bits per heavy atom. The van der Waals surface area contributed by atoms with Gasteiger partial charge in [0.15, 0.2) is 0 Å². The normalized spacial score (nSPS) is 27.1. The molecule has 1 aliphatic heterocycles. The minimum Gasteiger partial charge on any atom is -0.495 e. The highest BCUT2D eigenvalue weighted by Crippen LogP contribution is 2.35. The fourth-order valence-corrected chi connectivity index (χ4v) is 3.12. The number of hydrogen-bond donors (Lipinski definition) is 1. The van der Waals surface area contributed by atoms with E-state index in [-0.39, 0.29) is 0 Å². The first-order valence-corrected chi connectivity index (χ1v) is 6.61. The van der Waals surface area contributed by atoms with Gasteiger partial charge < -0.3 is 20.1 Å². The molecule has 2 atom stereocenters. The average molecular weight is 248 g/mol. The van der Waals surface area contributed by atoms with Crippen molar-refractivity contribution in [1.29, 1.82) is 0 Å². The van der Waals surface area contributed by atoms with Crippen LogP contribution >= 0.6 is 0 Å². The van der Waals surface area contributed by atoms with Crippen LogP contribution in [0.1, 0.15) is 19.3 Å². The van der Waals surface area contributed by atoms with Gasteiger partial charge >= 0.3 is 0 Å². The van der Waals surface area contributed by atoms with Crippen LogP contribution in [0, 0.1) is 0 Å². The van der Waals surface area contributed by atoms with E-state index in [1.54, 1.807) is 7.11 Å². The summed E-state index contributed by atoms with van der Waals surface area (Å²) in [4.78, 5) is 2.45. The predicted molar refractivity (Wildman–Crippen MR) is 72.1 cm³/mol. The SMILES string of the molecule is COc1cc(N2CCOC3CCCC32)ccc1N. The summed E-state index contributed by atoms with van der Waals surface area (Å²) >= 11 is 0. The number of methoxy groups -OCH3 is 1. The number of fused-ring (bicyclic) bond motifs is 1. The number of ether oxygens (including phenoxy) is 2. The van der Waals surface area contributed by atoms with E-state index in [0.29, 0.717) is 17.8 Å². The Balaban J connectivity index is 1.89. The third kappa shape index (κ3) is 1.90. The highest BCUT2D eigenvalue weighted by molar-refractivity contribution is 5.63. The monoisotopic (exact) mass is 248 g/mol. The molecule has 3 rings (SSSR count). The van der Waals surface area contributed by atoms with Gasteiger partial charge in [-0.15, -0.1) is 0 Å². The Labute approximate surface area is 108 Å². The van der Waals surface area contributed by atoms with Gasteiger partial charge in [0, 0.05) is 18.3 Å². The Kier molecular flexibility index (Phi) is 3.04. The summed E-state index contributed by atoms with van der Waals surface area (Å²) in [5, 5.41) is 0. The van der Waals surface area contributed by atoms with Crippen LogP contribution in [-0.2, 0) is 4.74 Å². The summed E-state index contributed by atoms with van der Waals surface area (Å²) in [5.41, 5.74) is 7.76. The highest BCUT2D eigenvalue weighted by atomic mass is 16.5. The Morgan fingerprint density at radius 2 is 2.28 bits per heavy atom. The van der Waals surface area contributed by atoms with Crippen LogP contribution in [0.4, 0.5) is 11.4 Å². The van der Waals surface area contributed by atoms with Crippen molar-refractivity contribution in [2.45, 2.75) is 31.4 Å². The largest absolute Gasteiger partial charge is 0.495 e. The number of hydrogen-bond acceptors (Lipinski definition) is 4. The molecule has 2 unspecified atom stereocenters. The molecule has 98 valence electrons. The Hall–Kier alpha value is -1.42. The average Bonchev–Trinajstić information content (AvgIpc) is 2.87. The second kappa shape index (κ2) is 4.69. The lowest BCUT2D eigenvalue weighted by atomic mass is 10.1. The van der Waals surface area contributed by atoms with Crippen molar-refractivity contribution in [3.8, 4) is 5.75 Å². The van der Waals surface area contributed by atoms with Crippen LogP contribution in [0.5, 0.6) is 5.75 Å². The Bertz CT molecular complexity index is 436. The van der Waals surface area contributed by atoms with Gasteiger partial charge in [-0.3, -0.25) is 0 Å². The number of rotatable bonds is 2. The van der Waals surface area contributed by atoms with Crippen molar-refractivity contribution < 1.29 is 9.47 Å². The zero-order chi connectivity index (χ0) is 12.5. The van der Waals surface area contributed by atoms with Crippen LogP contribution in [0.15, 0.2) is 18.2 Å². The summed E-state index contributed by atoms with van der Waals surface area (Å²) in [6.45, 7) is 1.77. The van der Waals surface area contributed by atoms with Gasteiger partial charge in [0.1, 0.15) is 5.75 Å². The number of nitrogen functional groups attached to an aromatic ring is 1. The summed E-state index contributed by atoms with van der Waals surface area (Å²) in [5.74, 6) is 0.758. The van der Waals surface area contributed by atoms with Gasteiger partial charge in [-0.1, -0.05) is 0 Å². The van der Waals surface area contributed by atoms with Crippen molar-refractivity contribution in [3.05, 3.63) is 18.2 Å². The van der Waals surface area contributed by atoms with Gasteiger partial charge in [-0.05, 0) is 31.4 Å². The zero-order valence-electron chi connectivity index (χ0n) is 10.8. The molecule has 4 heteroatoms. The van der Waals surface area contributed by atoms with E-state index in [1.807, 2.05) is 12.1 Å². The minimum absolute atomic E-state index is 0.405. The molecule has 1 saturated carbocycles. The maximum absolute atomic E-state index is 5.87. The first-order chi connectivity index (χ1) is 8.79. The third-order valence-corrected chi connectivity index (χ3v) is 4.03. The standard InChI is InChI=1S/C14H20N2O2/c1-17-14-9-10(5-6-11(14)15)16-7-8-18-13-4-2-3-12(13)16/h5-6,9,12-13H,2-4,7-8,15H2,1H3. The number of nitrogens with two attached hydrogens (primary N) is 1. The van der Waals surface area contributed by atoms with E-state index in [1.165, 1.54) is 24.9 Å². The summed E-state index contributed by atoms with van der Waals surface area (Å²) in [6, 6.07) is 6.56. The lowest BCUT2D eigenvalue weighted by molar-refractivity contribution is 0.0256. The first kappa shape index (κ1) is 11.7. The van der Waals surface area contributed by atoms with Crippen LogP contribution in [-0.4, -0.2) is 32.4 Å². The molecule has 2 aliphatic rings. The molecule has 4 nitrogen and oxygen atoms in total. The Morgan fingerprint density at radius 1 is 1.39 bits per heavy atom. The molecule has 0 bridgehead atoms. The second-order valence-electron chi connectivity index (χ2n) is 5.03. The second-order valence-corrected chi connectivity index (χ2v) is 5.03. The van der Waals surface area contributed by atoms with Crippen LogP contribution in [0.25, 0.3) is 0 Å². The number of anilines is 2. The highest BCUT2D eigenvalue weighted by Gasteiger charge is 2.36. The molecule has 0 spiro atoms. The third-order valence-electron chi connectivity index (χ3n) is 4.03. The summed E-state index contributed by atoms with van der Waals surface area (Å²) in [6.07, 6.45) is 4.07. The van der Waals surface area contributed by atoms with Gasteiger partial charge in [0.05, 0.1) is 31.5 Å². The molecule has 0 amide bonds. The summed E-state index contributed by atoms with van der Waals surface area (Å²) in [7, 11) is 1.66. The van der Waals surface area contributed by atoms with Crippen molar-refractivity contribution in [2.75, 3.05) is 30.9 Å². The van der Waals surface area contributed by atoms with Crippen molar-refractivity contribution in [3.63, 3.8) is 0 Å². The molecule has 2 fully saturated rings. The quantitative estimate of drug-likeness (QED) is 0.814. The van der Waals surface area contributed by atoms with E-state index >= 15 is 0 Å². The van der Waals surface area contributed by atoms with Crippen molar-refractivity contribution in [2.24, 2.45) is 0 Å². The van der Waals surface area contributed by atoms with Crippen molar-refractivity contribution in [1.82, 2.24) is 0 Å². The van der Waals surface area contributed by atoms with Crippen LogP contribution in [0.3, 0.4) is 0 Å². The minimum atomic E-state index is 0.405. The number of nitrogens with zero attached hydrogens (tertiary/aromatic N) is 1. The van der Waals surface area contributed by atoms with E-state index in [4.69, 9.17) is 15.2 Å².